The Hall–Kier alpha value is -1.62. The van der Waals surface area contributed by atoms with Crippen molar-refractivity contribution in [1.29, 1.82) is 0 Å². The molecule has 1 amide bonds. The number of nitrogens with one attached hydrogen (secondary N) is 1. The molecule has 0 saturated heterocycles. The van der Waals surface area contributed by atoms with Gasteiger partial charge in [0, 0.05) is 17.7 Å². The van der Waals surface area contributed by atoms with Gasteiger partial charge in [-0.15, -0.1) is 0 Å². The van der Waals surface area contributed by atoms with Crippen molar-refractivity contribution in [1.82, 2.24) is 4.57 Å². The monoisotopic (exact) mass is 310 g/mol. The van der Waals surface area contributed by atoms with Crippen LogP contribution in [0, 0.1) is 12.7 Å². The summed E-state index contributed by atoms with van der Waals surface area (Å²) in [7, 11) is 1.76. The topological polar surface area (TPSA) is 34.0 Å². The minimum atomic E-state index is -0.442. The van der Waals surface area contributed by atoms with Crippen molar-refractivity contribution in [3.05, 3.63) is 52.0 Å². The molecule has 1 heterocycles. The van der Waals surface area contributed by atoms with Gasteiger partial charge < -0.3 is 9.88 Å². The molecule has 0 radical (unpaired) electrons. The molecule has 0 aliphatic heterocycles. The van der Waals surface area contributed by atoms with E-state index in [1.54, 1.807) is 36.0 Å². The van der Waals surface area contributed by atoms with E-state index < -0.39 is 5.82 Å². The molecule has 1 N–H and O–H groups in total. The number of anilines is 1. The van der Waals surface area contributed by atoms with E-state index in [9.17, 15) is 9.18 Å². The van der Waals surface area contributed by atoms with Crippen LogP contribution in [-0.2, 0) is 7.05 Å². The fourth-order valence-electron chi connectivity index (χ4n) is 1.67. The average molecular weight is 311 g/mol. The van der Waals surface area contributed by atoms with Crippen LogP contribution in [-0.4, -0.2) is 10.5 Å². The van der Waals surface area contributed by atoms with E-state index in [4.69, 9.17) is 0 Å². The largest absolute Gasteiger partial charge is 0.345 e. The first-order valence-corrected chi connectivity index (χ1v) is 6.16. The molecule has 0 aliphatic carbocycles. The molecule has 2 rings (SSSR count). The number of hydrogen-bond donors (Lipinski definition) is 1. The maximum atomic E-state index is 13.5. The van der Waals surface area contributed by atoms with Crippen molar-refractivity contribution in [2.24, 2.45) is 7.05 Å². The van der Waals surface area contributed by atoms with Gasteiger partial charge in [0.1, 0.15) is 11.5 Å². The second-order valence-corrected chi connectivity index (χ2v) is 5.01. The number of aromatic nitrogens is 1. The number of aryl methyl sites for hydroxylation is 2. The Morgan fingerprint density at radius 2 is 2.11 bits per heavy atom. The number of carbonyl (C=O) groups is 1. The van der Waals surface area contributed by atoms with Crippen molar-refractivity contribution in [2.75, 3.05) is 5.32 Å². The van der Waals surface area contributed by atoms with Crippen molar-refractivity contribution >= 4 is 27.5 Å². The number of benzene rings is 1. The minimum Gasteiger partial charge on any atom is -0.345 e. The molecule has 0 saturated carbocycles. The van der Waals surface area contributed by atoms with E-state index in [0.717, 1.165) is 10.0 Å². The highest BCUT2D eigenvalue weighted by molar-refractivity contribution is 9.10. The maximum Gasteiger partial charge on any atom is 0.272 e. The Labute approximate surface area is 113 Å². The third-order valence-electron chi connectivity index (χ3n) is 2.57. The highest BCUT2D eigenvalue weighted by Crippen LogP contribution is 2.18. The second-order valence-electron chi connectivity index (χ2n) is 4.09. The van der Waals surface area contributed by atoms with Gasteiger partial charge in [-0.05, 0) is 46.6 Å². The van der Waals surface area contributed by atoms with Crippen molar-refractivity contribution < 1.29 is 9.18 Å². The quantitative estimate of drug-likeness (QED) is 0.905. The number of amides is 1. The lowest BCUT2D eigenvalue weighted by molar-refractivity contribution is 0.101. The van der Waals surface area contributed by atoms with Gasteiger partial charge in [0.15, 0.2) is 0 Å². The third kappa shape index (κ3) is 2.61. The van der Waals surface area contributed by atoms with Gasteiger partial charge in [0.2, 0.25) is 0 Å². The highest BCUT2D eigenvalue weighted by atomic mass is 79.9. The Balaban J connectivity index is 2.26. The van der Waals surface area contributed by atoms with E-state index in [0.29, 0.717) is 5.69 Å². The highest BCUT2D eigenvalue weighted by Gasteiger charge is 2.13. The van der Waals surface area contributed by atoms with Crippen molar-refractivity contribution in [3.8, 4) is 0 Å². The van der Waals surface area contributed by atoms with Crippen LogP contribution in [0.5, 0.6) is 0 Å². The predicted octanol–water partition coefficient (Wildman–Crippen LogP) is 3.49. The average Bonchev–Trinajstić information content (AvgIpc) is 2.63. The van der Waals surface area contributed by atoms with E-state index in [2.05, 4.69) is 21.2 Å². The zero-order valence-electron chi connectivity index (χ0n) is 10.00. The predicted molar refractivity (Wildman–Crippen MR) is 72.2 cm³/mol. The molecular weight excluding hydrogens is 299 g/mol. The number of carbonyl (C=O) groups excluding carboxylic acids is 1. The SMILES string of the molecule is Cc1ccc(F)c(NC(=O)c2cc(Br)cn2C)c1. The smallest absolute Gasteiger partial charge is 0.272 e. The molecule has 2 aromatic rings. The summed E-state index contributed by atoms with van der Waals surface area (Å²) in [5.41, 5.74) is 1.54. The molecular formula is C13H12BrFN2O. The summed E-state index contributed by atoms with van der Waals surface area (Å²) < 4.78 is 16.0. The molecule has 3 nitrogen and oxygen atoms in total. The number of hydrogen-bond acceptors (Lipinski definition) is 1. The lowest BCUT2D eigenvalue weighted by Crippen LogP contribution is -2.16. The van der Waals surface area contributed by atoms with Gasteiger partial charge in [-0.25, -0.2) is 4.39 Å². The van der Waals surface area contributed by atoms with Gasteiger partial charge in [-0.3, -0.25) is 4.79 Å². The number of rotatable bonds is 2. The van der Waals surface area contributed by atoms with Crippen LogP contribution < -0.4 is 5.32 Å². The first kappa shape index (κ1) is 12.8. The molecule has 0 unspecified atom stereocenters. The molecule has 1 aromatic carbocycles. The van der Waals surface area contributed by atoms with Gasteiger partial charge in [0.05, 0.1) is 5.69 Å². The Kier molecular flexibility index (Phi) is 3.52. The van der Waals surface area contributed by atoms with Gasteiger partial charge in [-0.2, -0.15) is 0 Å². The molecule has 94 valence electrons. The number of nitrogens with zero attached hydrogens (tertiary/aromatic N) is 1. The molecule has 0 spiro atoms. The van der Waals surface area contributed by atoms with Crippen LogP contribution in [0.1, 0.15) is 16.1 Å². The molecule has 0 bridgehead atoms. The molecule has 0 aliphatic rings. The van der Waals surface area contributed by atoms with Crippen LogP contribution in [0.15, 0.2) is 34.9 Å². The second kappa shape index (κ2) is 4.94. The Morgan fingerprint density at radius 3 is 2.72 bits per heavy atom. The van der Waals surface area contributed by atoms with Crippen LogP contribution >= 0.6 is 15.9 Å². The summed E-state index contributed by atoms with van der Waals surface area (Å²) >= 11 is 3.29. The first-order chi connectivity index (χ1) is 8.47. The lowest BCUT2D eigenvalue weighted by Gasteiger charge is -2.07. The molecule has 5 heteroatoms. The Morgan fingerprint density at radius 1 is 1.39 bits per heavy atom. The molecule has 18 heavy (non-hydrogen) atoms. The van der Waals surface area contributed by atoms with E-state index >= 15 is 0 Å². The standard InChI is InChI=1S/C13H12BrFN2O/c1-8-3-4-10(15)11(5-8)16-13(18)12-6-9(14)7-17(12)2/h3-7H,1-2H3,(H,16,18). The lowest BCUT2D eigenvalue weighted by atomic mass is 10.2. The van der Waals surface area contributed by atoms with Crippen molar-refractivity contribution in [3.63, 3.8) is 0 Å². The zero-order chi connectivity index (χ0) is 13.3. The Bertz CT molecular complexity index is 607. The summed E-state index contributed by atoms with van der Waals surface area (Å²) in [6, 6.07) is 6.28. The first-order valence-electron chi connectivity index (χ1n) is 5.37. The summed E-state index contributed by atoms with van der Waals surface area (Å²) in [5, 5.41) is 2.57. The van der Waals surface area contributed by atoms with Crippen LogP contribution in [0.25, 0.3) is 0 Å². The normalized spacial score (nSPS) is 10.4. The van der Waals surface area contributed by atoms with Crippen LogP contribution in [0.4, 0.5) is 10.1 Å². The van der Waals surface area contributed by atoms with Gasteiger partial charge in [0.25, 0.3) is 5.91 Å². The summed E-state index contributed by atoms with van der Waals surface area (Å²) in [5.74, 6) is -0.782. The van der Waals surface area contributed by atoms with Crippen LogP contribution in [0.3, 0.4) is 0 Å². The maximum absolute atomic E-state index is 13.5. The summed E-state index contributed by atoms with van der Waals surface area (Å²) in [4.78, 5) is 12.0. The molecule has 0 fully saturated rings. The van der Waals surface area contributed by atoms with E-state index in [-0.39, 0.29) is 11.6 Å². The molecule has 0 atom stereocenters. The molecule has 1 aromatic heterocycles. The van der Waals surface area contributed by atoms with Gasteiger partial charge >= 0.3 is 0 Å². The summed E-state index contributed by atoms with van der Waals surface area (Å²) in [6.07, 6.45) is 1.77. The minimum absolute atomic E-state index is 0.192. The third-order valence-corrected chi connectivity index (χ3v) is 3.01. The van der Waals surface area contributed by atoms with E-state index in [1.807, 2.05) is 6.92 Å². The number of halogens is 2. The fourth-order valence-corrected chi connectivity index (χ4v) is 2.20. The zero-order valence-corrected chi connectivity index (χ0v) is 11.6. The van der Waals surface area contributed by atoms with Gasteiger partial charge in [-0.1, -0.05) is 6.07 Å². The summed E-state index contributed by atoms with van der Waals surface area (Å²) in [6.45, 7) is 1.84. The fraction of sp³-hybridized carbons (Fsp3) is 0.154. The van der Waals surface area contributed by atoms with Crippen molar-refractivity contribution in [2.45, 2.75) is 6.92 Å². The van der Waals surface area contributed by atoms with Crippen LogP contribution in [0.2, 0.25) is 0 Å². The van der Waals surface area contributed by atoms with E-state index in [1.165, 1.54) is 6.07 Å².